The summed E-state index contributed by atoms with van der Waals surface area (Å²) in [7, 11) is 0. The number of nitrogens with one attached hydrogen (secondary N) is 2. The molecule has 1 amide bonds. The number of hydrogen-bond acceptors (Lipinski definition) is 9. The molecule has 0 bridgehead atoms. The van der Waals surface area contributed by atoms with Gasteiger partial charge in [-0.05, 0) is 49.1 Å². The molecule has 0 saturated heterocycles. The maximum absolute atomic E-state index is 12.5. The Labute approximate surface area is 218 Å². The van der Waals surface area contributed by atoms with Crippen LogP contribution in [0.1, 0.15) is 24.8 Å². The number of aromatic nitrogens is 5. The van der Waals surface area contributed by atoms with Gasteiger partial charge in [-0.15, -0.1) is 5.10 Å². The normalized spacial score (nSPS) is 11.3. The maximum Gasteiger partial charge on any atom is 0.259 e. The first-order valence-electron chi connectivity index (χ1n) is 12.5. The van der Waals surface area contributed by atoms with Crippen LogP contribution in [0.25, 0.3) is 17.4 Å². The average Bonchev–Trinajstić information content (AvgIpc) is 3.60. The number of halogens is 2. The number of anilines is 3. The topological polar surface area (TPSA) is 139 Å². The lowest BCUT2D eigenvalue weighted by atomic mass is 10.1. The van der Waals surface area contributed by atoms with Gasteiger partial charge in [-0.25, -0.2) is 0 Å². The summed E-state index contributed by atoms with van der Waals surface area (Å²) in [4.78, 5) is 27.2. The van der Waals surface area contributed by atoms with Crippen LogP contribution in [0.3, 0.4) is 0 Å². The predicted molar refractivity (Wildman–Crippen MR) is 140 cm³/mol. The van der Waals surface area contributed by atoms with Crippen molar-refractivity contribution in [3.8, 4) is 11.6 Å². The number of nitrogens with zero attached hydrogens (tertiary/aromatic N) is 6. The highest BCUT2D eigenvalue weighted by Crippen LogP contribution is 2.18. The molecule has 0 saturated carbocycles. The van der Waals surface area contributed by atoms with Crippen LogP contribution < -0.4 is 16.4 Å². The molecule has 4 aromatic rings. The highest BCUT2D eigenvalue weighted by molar-refractivity contribution is 5.90. The van der Waals surface area contributed by atoms with E-state index in [4.69, 9.17) is 10.2 Å². The Hall–Kier alpha value is -4.13. The van der Waals surface area contributed by atoms with Gasteiger partial charge in [-0.2, -0.15) is 19.5 Å². The maximum atomic E-state index is 12.5. The molecule has 3 heterocycles. The van der Waals surface area contributed by atoms with Crippen LogP contribution >= 0.6 is 0 Å². The smallest absolute Gasteiger partial charge is 0.259 e. The minimum Gasteiger partial charge on any atom is -0.461 e. The van der Waals surface area contributed by atoms with E-state index in [1.54, 1.807) is 12.1 Å². The molecule has 0 spiro atoms. The number of hydrogen-bond donors (Lipinski definition) is 3. The lowest BCUT2D eigenvalue weighted by Crippen LogP contribution is -2.30. The molecule has 3 aromatic heterocycles. The molecule has 0 atom stereocenters. The molecule has 11 nitrogen and oxygen atoms in total. The fourth-order valence-electron chi connectivity index (χ4n) is 3.85. The van der Waals surface area contributed by atoms with Gasteiger partial charge < -0.3 is 25.7 Å². The van der Waals surface area contributed by atoms with E-state index in [-0.39, 0.29) is 18.3 Å². The average molecular weight is 528 g/mol. The molecular formula is C25H31F2N9O2. The SMILES string of the molecule is Nc1nc(NCCc2ccc(NC(=O)CCN(CCCF)CCCF)cc2)nc2nc(-c3ccco3)nn12. The molecule has 38 heavy (non-hydrogen) atoms. The molecule has 0 aliphatic rings. The van der Waals surface area contributed by atoms with Crippen LogP contribution in [0.4, 0.5) is 26.4 Å². The van der Waals surface area contributed by atoms with Crippen molar-refractivity contribution < 1.29 is 18.0 Å². The second-order valence-electron chi connectivity index (χ2n) is 8.63. The van der Waals surface area contributed by atoms with Crippen LogP contribution in [0.5, 0.6) is 0 Å². The van der Waals surface area contributed by atoms with Crippen LogP contribution in [-0.4, -0.2) is 74.9 Å². The van der Waals surface area contributed by atoms with Crippen molar-refractivity contribution >= 4 is 29.3 Å². The summed E-state index contributed by atoms with van der Waals surface area (Å²) in [5, 5.41) is 10.3. The standard InChI is InChI=1S/C25H31F2N9O2/c26-11-2-14-35(15-3-12-27)16-10-21(37)30-19-7-5-18(6-8-19)9-13-29-24-32-23(28)36-25(33-24)31-22(34-36)20-4-1-17-38-20/h1,4-8,17H,2-3,9-16H2,(H,30,37)(H3,28,29,31,32,33,34). The van der Waals surface area contributed by atoms with Gasteiger partial charge in [-0.1, -0.05) is 12.1 Å². The summed E-state index contributed by atoms with van der Waals surface area (Å²) < 4.78 is 31.6. The lowest BCUT2D eigenvalue weighted by Gasteiger charge is -2.20. The van der Waals surface area contributed by atoms with E-state index in [0.29, 0.717) is 74.4 Å². The van der Waals surface area contributed by atoms with E-state index in [2.05, 4.69) is 30.7 Å². The summed E-state index contributed by atoms with van der Waals surface area (Å²) in [6.45, 7) is 1.20. The van der Waals surface area contributed by atoms with Crippen LogP contribution in [-0.2, 0) is 11.2 Å². The van der Waals surface area contributed by atoms with E-state index in [0.717, 1.165) is 5.56 Å². The summed E-state index contributed by atoms with van der Waals surface area (Å²) in [5.41, 5.74) is 7.75. The minimum atomic E-state index is -0.425. The van der Waals surface area contributed by atoms with Crippen molar-refractivity contribution in [1.29, 1.82) is 0 Å². The van der Waals surface area contributed by atoms with Crippen molar-refractivity contribution in [2.75, 3.05) is 55.9 Å². The number of benzene rings is 1. The van der Waals surface area contributed by atoms with Gasteiger partial charge in [0.15, 0.2) is 5.76 Å². The first kappa shape index (κ1) is 26.9. The molecule has 0 fully saturated rings. The van der Waals surface area contributed by atoms with Crippen molar-refractivity contribution in [2.24, 2.45) is 0 Å². The van der Waals surface area contributed by atoms with E-state index in [1.807, 2.05) is 29.2 Å². The highest BCUT2D eigenvalue weighted by Gasteiger charge is 2.14. The Morgan fingerprint density at radius 2 is 1.79 bits per heavy atom. The zero-order chi connectivity index (χ0) is 26.7. The minimum absolute atomic E-state index is 0.140. The zero-order valence-corrected chi connectivity index (χ0v) is 20.9. The Bertz CT molecular complexity index is 1290. The molecule has 0 radical (unpaired) electrons. The number of carbonyl (C=O) groups excluding carboxylic acids is 1. The Morgan fingerprint density at radius 3 is 2.47 bits per heavy atom. The number of nitrogen functional groups attached to an aromatic ring is 1. The molecule has 0 unspecified atom stereocenters. The van der Waals surface area contributed by atoms with E-state index in [9.17, 15) is 13.6 Å². The molecule has 0 aliphatic carbocycles. The molecule has 1 aromatic carbocycles. The first-order valence-corrected chi connectivity index (χ1v) is 12.5. The van der Waals surface area contributed by atoms with Crippen LogP contribution in [0.2, 0.25) is 0 Å². The second-order valence-corrected chi connectivity index (χ2v) is 8.63. The number of furan rings is 1. The molecule has 4 rings (SSSR count). The fraction of sp³-hybridized carbons (Fsp3) is 0.400. The Balaban J connectivity index is 1.24. The summed E-state index contributed by atoms with van der Waals surface area (Å²) in [6, 6.07) is 11.0. The van der Waals surface area contributed by atoms with Crippen molar-refractivity contribution in [3.05, 3.63) is 48.2 Å². The van der Waals surface area contributed by atoms with Gasteiger partial charge in [-0.3, -0.25) is 13.6 Å². The van der Waals surface area contributed by atoms with Crippen molar-refractivity contribution in [2.45, 2.75) is 25.7 Å². The number of nitrogens with two attached hydrogens (primary N) is 1. The zero-order valence-electron chi connectivity index (χ0n) is 20.9. The molecule has 202 valence electrons. The highest BCUT2D eigenvalue weighted by atomic mass is 19.1. The number of rotatable bonds is 15. The molecular weight excluding hydrogens is 496 g/mol. The van der Waals surface area contributed by atoms with Crippen LogP contribution in [0.15, 0.2) is 47.1 Å². The third kappa shape index (κ3) is 7.44. The summed E-state index contributed by atoms with van der Waals surface area (Å²) in [5.74, 6) is 1.53. The third-order valence-corrected chi connectivity index (χ3v) is 5.78. The number of fused-ring (bicyclic) bond motifs is 1. The second kappa shape index (κ2) is 13.4. The van der Waals surface area contributed by atoms with Crippen LogP contribution in [0, 0.1) is 0 Å². The van der Waals surface area contributed by atoms with Gasteiger partial charge in [0.25, 0.3) is 5.78 Å². The van der Waals surface area contributed by atoms with E-state index < -0.39 is 13.3 Å². The number of carbonyl (C=O) groups is 1. The van der Waals surface area contributed by atoms with Gasteiger partial charge in [0, 0.05) is 38.3 Å². The van der Waals surface area contributed by atoms with Gasteiger partial charge in [0.1, 0.15) is 0 Å². The predicted octanol–water partition coefficient (Wildman–Crippen LogP) is 3.37. The summed E-state index contributed by atoms with van der Waals surface area (Å²) in [6.07, 6.45) is 3.24. The van der Waals surface area contributed by atoms with Gasteiger partial charge in [0.05, 0.1) is 19.6 Å². The van der Waals surface area contributed by atoms with Crippen molar-refractivity contribution in [1.82, 2.24) is 29.5 Å². The van der Waals surface area contributed by atoms with Gasteiger partial charge in [0.2, 0.25) is 23.6 Å². The molecule has 0 aliphatic heterocycles. The summed E-state index contributed by atoms with van der Waals surface area (Å²) >= 11 is 0. The first-order chi connectivity index (χ1) is 18.6. The number of alkyl halides is 2. The van der Waals surface area contributed by atoms with E-state index >= 15 is 0 Å². The fourth-order valence-corrected chi connectivity index (χ4v) is 3.85. The quantitative estimate of drug-likeness (QED) is 0.212. The van der Waals surface area contributed by atoms with Gasteiger partial charge >= 0.3 is 0 Å². The third-order valence-electron chi connectivity index (χ3n) is 5.78. The molecule has 4 N–H and O–H groups in total. The Kier molecular flexibility index (Phi) is 9.51. The Morgan fingerprint density at radius 1 is 1.03 bits per heavy atom. The van der Waals surface area contributed by atoms with E-state index in [1.165, 1.54) is 10.8 Å². The monoisotopic (exact) mass is 527 g/mol. The largest absolute Gasteiger partial charge is 0.461 e. The number of amides is 1. The van der Waals surface area contributed by atoms with Crippen molar-refractivity contribution in [3.63, 3.8) is 0 Å². The lowest BCUT2D eigenvalue weighted by molar-refractivity contribution is -0.116. The molecule has 13 heteroatoms.